The molecular weight excluding hydrogens is 328 g/mol. The highest BCUT2D eigenvalue weighted by Gasteiger charge is 2.21. The summed E-state index contributed by atoms with van der Waals surface area (Å²) in [6, 6.07) is 10.4. The van der Waals surface area contributed by atoms with Crippen LogP contribution in [0.2, 0.25) is 0 Å². The number of aromatic amines is 1. The van der Waals surface area contributed by atoms with Crippen LogP contribution in [0.1, 0.15) is 0 Å². The molecule has 1 N–H and O–H groups in total. The highest BCUT2D eigenvalue weighted by molar-refractivity contribution is 5.63. The van der Waals surface area contributed by atoms with Gasteiger partial charge in [0.15, 0.2) is 0 Å². The van der Waals surface area contributed by atoms with Crippen molar-refractivity contribution in [1.82, 2.24) is 25.1 Å². The standard InChI is InChI=1S/C18H22N8/c1-24(2)15-5-3-14(4-6-15)16-7-8-19-17(22-16)25-9-11-26(12-10-25)18-20-13-21-23-18/h3-8,13H,9-12H2,1-2H3,(H,20,21,23). The van der Waals surface area contributed by atoms with E-state index < -0.39 is 0 Å². The molecule has 0 amide bonds. The summed E-state index contributed by atoms with van der Waals surface area (Å²) in [4.78, 5) is 20.0. The summed E-state index contributed by atoms with van der Waals surface area (Å²) in [6.45, 7) is 3.42. The second-order valence-corrected chi connectivity index (χ2v) is 6.47. The van der Waals surface area contributed by atoms with Crippen LogP contribution < -0.4 is 14.7 Å². The van der Waals surface area contributed by atoms with Crippen molar-refractivity contribution in [2.45, 2.75) is 0 Å². The summed E-state index contributed by atoms with van der Waals surface area (Å²) in [5, 5.41) is 6.83. The third kappa shape index (κ3) is 3.30. The molecule has 1 fully saturated rings. The zero-order valence-electron chi connectivity index (χ0n) is 15.0. The van der Waals surface area contributed by atoms with Crippen molar-refractivity contribution in [2.24, 2.45) is 0 Å². The Morgan fingerprint density at radius 2 is 1.65 bits per heavy atom. The lowest BCUT2D eigenvalue weighted by atomic mass is 10.1. The number of benzene rings is 1. The quantitative estimate of drug-likeness (QED) is 0.767. The fraction of sp³-hybridized carbons (Fsp3) is 0.333. The van der Waals surface area contributed by atoms with Crippen LogP contribution >= 0.6 is 0 Å². The van der Waals surface area contributed by atoms with Crippen LogP contribution in [0.15, 0.2) is 42.9 Å². The Bertz CT molecular complexity index is 836. The largest absolute Gasteiger partial charge is 0.378 e. The van der Waals surface area contributed by atoms with Gasteiger partial charge in [0.25, 0.3) is 0 Å². The second-order valence-electron chi connectivity index (χ2n) is 6.47. The van der Waals surface area contributed by atoms with Gasteiger partial charge in [0.1, 0.15) is 6.33 Å². The molecule has 8 heteroatoms. The molecule has 0 bridgehead atoms. The number of aromatic nitrogens is 5. The second kappa shape index (κ2) is 6.99. The van der Waals surface area contributed by atoms with Gasteiger partial charge in [0.05, 0.1) is 5.69 Å². The van der Waals surface area contributed by atoms with Gasteiger partial charge in [-0.05, 0) is 18.2 Å². The molecule has 0 spiro atoms. The Morgan fingerprint density at radius 1 is 0.923 bits per heavy atom. The monoisotopic (exact) mass is 350 g/mol. The lowest BCUT2D eigenvalue weighted by Gasteiger charge is -2.34. The Labute approximate surface area is 152 Å². The fourth-order valence-electron chi connectivity index (χ4n) is 3.06. The number of nitrogens with one attached hydrogen (secondary N) is 1. The predicted octanol–water partition coefficient (Wildman–Crippen LogP) is 1.65. The molecule has 3 heterocycles. The molecular formula is C18H22N8. The average Bonchev–Trinajstić information content (AvgIpc) is 3.23. The zero-order valence-corrected chi connectivity index (χ0v) is 15.0. The molecule has 0 atom stereocenters. The van der Waals surface area contributed by atoms with Crippen LogP contribution in [-0.4, -0.2) is 65.4 Å². The van der Waals surface area contributed by atoms with Gasteiger partial charge in [-0.25, -0.2) is 15.1 Å². The van der Waals surface area contributed by atoms with E-state index in [4.69, 9.17) is 4.98 Å². The average molecular weight is 350 g/mol. The van der Waals surface area contributed by atoms with Crippen LogP contribution in [0, 0.1) is 0 Å². The topological polar surface area (TPSA) is 77.1 Å². The number of H-pyrrole nitrogens is 1. The molecule has 0 radical (unpaired) electrons. The minimum Gasteiger partial charge on any atom is -0.378 e. The predicted molar refractivity (Wildman–Crippen MR) is 103 cm³/mol. The molecule has 3 aromatic rings. The van der Waals surface area contributed by atoms with Gasteiger partial charge in [-0.3, -0.25) is 0 Å². The molecule has 1 aliphatic rings. The first kappa shape index (κ1) is 16.3. The summed E-state index contributed by atoms with van der Waals surface area (Å²) in [5.41, 5.74) is 3.21. The highest BCUT2D eigenvalue weighted by atomic mass is 15.4. The SMILES string of the molecule is CN(C)c1ccc(-c2ccnc(N3CCN(c4ncn[nH]4)CC3)n2)cc1. The summed E-state index contributed by atoms with van der Waals surface area (Å²) in [7, 11) is 4.08. The van der Waals surface area contributed by atoms with E-state index in [0.29, 0.717) is 0 Å². The first-order valence-electron chi connectivity index (χ1n) is 8.67. The Kier molecular flexibility index (Phi) is 4.39. The highest BCUT2D eigenvalue weighted by Crippen LogP contribution is 2.22. The maximum Gasteiger partial charge on any atom is 0.225 e. The molecule has 134 valence electrons. The molecule has 4 rings (SSSR count). The molecule has 0 aliphatic carbocycles. The molecule has 26 heavy (non-hydrogen) atoms. The molecule has 2 aromatic heterocycles. The normalized spacial score (nSPS) is 14.5. The Hall–Kier alpha value is -3.16. The third-order valence-electron chi connectivity index (χ3n) is 4.59. The van der Waals surface area contributed by atoms with Gasteiger partial charge in [-0.1, -0.05) is 12.1 Å². The fourth-order valence-corrected chi connectivity index (χ4v) is 3.06. The van der Waals surface area contributed by atoms with Gasteiger partial charge in [0.2, 0.25) is 11.9 Å². The number of piperazine rings is 1. The van der Waals surface area contributed by atoms with Crippen molar-refractivity contribution >= 4 is 17.6 Å². The molecule has 1 saturated heterocycles. The smallest absolute Gasteiger partial charge is 0.225 e. The molecule has 8 nitrogen and oxygen atoms in total. The zero-order chi connectivity index (χ0) is 17.9. The molecule has 1 aromatic carbocycles. The Morgan fingerprint density at radius 3 is 2.31 bits per heavy atom. The van der Waals surface area contributed by atoms with Crippen LogP contribution in [0.25, 0.3) is 11.3 Å². The van der Waals surface area contributed by atoms with E-state index in [2.05, 4.69) is 59.1 Å². The number of hydrogen-bond donors (Lipinski definition) is 1. The summed E-state index contributed by atoms with van der Waals surface area (Å²) >= 11 is 0. The van der Waals surface area contributed by atoms with E-state index in [1.807, 2.05) is 26.4 Å². The van der Waals surface area contributed by atoms with E-state index in [1.54, 1.807) is 0 Å². The molecule has 0 unspecified atom stereocenters. The van der Waals surface area contributed by atoms with Crippen molar-refractivity contribution in [3.8, 4) is 11.3 Å². The van der Waals surface area contributed by atoms with Gasteiger partial charge in [-0.2, -0.15) is 10.1 Å². The maximum atomic E-state index is 4.78. The van der Waals surface area contributed by atoms with Crippen LogP contribution in [0.3, 0.4) is 0 Å². The van der Waals surface area contributed by atoms with E-state index >= 15 is 0 Å². The minimum atomic E-state index is 0.774. The van der Waals surface area contributed by atoms with Crippen molar-refractivity contribution in [2.75, 3.05) is 55.0 Å². The van der Waals surface area contributed by atoms with E-state index in [0.717, 1.165) is 49.3 Å². The lowest BCUT2D eigenvalue weighted by Crippen LogP contribution is -2.47. The molecule has 1 aliphatic heterocycles. The van der Waals surface area contributed by atoms with Crippen molar-refractivity contribution in [1.29, 1.82) is 0 Å². The van der Waals surface area contributed by atoms with Gasteiger partial charge in [-0.15, -0.1) is 0 Å². The third-order valence-corrected chi connectivity index (χ3v) is 4.59. The van der Waals surface area contributed by atoms with Crippen LogP contribution in [-0.2, 0) is 0 Å². The first-order valence-corrected chi connectivity index (χ1v) is 8.67. The number of anilines is 3. The minimum absolute atomic E-state index is 0.774. The first-order chi connectivity index (χ1) is 12.7. The van der Waals surface area contributed by atoms with Crippen LogP contribution in [0.4, 0.5) is 17.6 Å². The number of rotatable bonds is 4. The van der Waals surface area contributed by atoms with Crippen LogP contribution in [0.5, 0.6) is 0 Å². The Balaban J connectivity index is 1.48. The van der Waals surface area contributed by atoms with Crippen molar-refractivity contribution in [3.63, 3.8) is 0 Å². The van der Waals surface area contributed by atoms with Gasteiger partial charge < -0.3 is 14.7 Å². The van der Waals surface area contributed by atoms with Crippen molar-refractivity contribution in [3.05, 3.63) is 42.9 Å². The summed E-state index contributed by atoms with van der Waals surface area (Å²) in [5.74, 6) is 1.59. The number of hydrogen-bond acceptors (Lipinski definition) is 7. The van der Waals surface area contributed by atoms with Gasteiger partial charge in [0, 0.05) is 57.7 Å². The van der Waals surface area contributed by atoms with Crippen molar-refractivity contribution < 1.29 is 0 Å². The summed E-state index contributed by atoms with van der Waals surface area (Å²) in [6.07, 6.45) is 3.37. The molecule has 0 saturated carbocycles. The van der Waals surface area contributed by atoms with Gasteiger partial charge >= 0.3 is 0 Å². The number of nitrogens with zero attached hydrogens (tertiary/aromatic N) is 7. The van der Waals surface area contributed by atoms with E-state index in [9.17, 15) is 0 Å². The lowest BCUT2D eigenvalue weighted by molar-refractivity contribution is 0.629. The maximum absolute atomic E-state index is 4.78. The van der Waals surface area contributed by atoms with E-state index in [-0.39, 0.29) is 0 Å². The van der Waals surface area contributed by atoms with E-state index in [1.165, 1.54) is 12.0 Å². The summed E-state index contributed by atoms with van der Waals surface area (Å²) < 4.78 is 0.